The van der Waals surface area contributed by atoms with Crippen LogP contribution >= 0.6 is 0 Å². The predicted octanol–water partition coefficient (Wildman–Crippen LogP) is 6.19. The maximum Gasteiger partial charge on any atom is 0.329 e. The molecule has 1 aliphatic carbocycles. The zero-order valence-corrected chi connectivity index (χ0v) is 19.8. The average molecular weight is 471 g/mol. The topological polar surface area (TPSA) is 64.4 Å². The first kappa shape index (κ1) is 25.6. The van der Waals surface area contributed by atoms with E-state index >= 15 is 0 Å². The first-order chi connectivity index (χ1) is 16.3. The van der Waals surface area contributed by atoms with Crippen molar-refractivity contribution in [2.75, 3.05) is 13.2 Å². The molecule has 1 heterocycles. The van der Waals surface area contributed by atoms with Crippen molar-refractivity contribution < 1.29 is 23.4 Å². The Balaban J connectivity index is 1.87. The third kappa shape index (κ3) is 6.08. The summed E-state index contributed by atoms with van der Waals surface area (Å²) < 4.78 is 36.1. The largest absolute Gasteiger partial charge is 0.480 e. The van der Waals surface area contributed by atoms with Crippen molar-refractivity contribution in [3.8, 4) is 11.1 Å². The Hall–Kier alpha value is -3.06. The molecule has 0 radical (unpaired) electrons. The number of nitrogens with zero attached hydrogens (tertiary/aromatic N) is 2. The molecule has 5 nitrogen and oxygen atoms in total. The summed E-state index contributed by atoms with van der Waals surface area (Å²) in [6, 6.07) is 4.21. The molecule has 2 aromatic rings. The fourth-order valence-electron chi connectivity index (χ4n) is 4.60. The van der Waals surface area contributed by atoms with Gasteiger partial charge in [-0.25, -0.2) is 13.6 Å². The summed E-state index contributed by atoms with van der Waals surface area (Å²) in [7, 11) is 0. The quantitative estimate of drug-likeness (QED) is 0.421. The fourth-order valence-corrected chi connectivity index (χ4v) is 4.60. The van der Waals surface area contributed by atoms with Gasteiger partial charge in [0.15, 0.2) is 11.6 Å². The van der Waals surface area contributed by atoms with Gasteiger partial charge in [0.2, 0.25) is 0 Å². The second-order valence-electron chi connectivity index (χ2n) is 8.75. The van der Waals surface area contributed by atoms with Gasteiger partial charge in [-0.3, -0.25) is 4.68 Å². The molecule has 1 N–H and O–H groups in total. The normalized spacial score (nSPS) is 19.0. The highest BCUT2D eigenvalue weighted by molar-refractivity contribution is 5.85. The highest BCUT2D eigenvalue weighted by atomic mass is 19.2. The van der Waals surface area contributed by atoms with E-state index in [1.165, 1.54) is 6.07 Å². The van der Waals surface area contributed by atoms with Crippen LogP contribution in [0.15, 0.2) is 49.1 Å². The van der Waals surface area contributed by atoms with Gasteiger partial charge in [0.1, 0.15) is 12.3 Å². The molecule has 0 saturated heterocycles. The Morgan fingerprint density at radius 3 is 2.62 bits per heavy atom. The Morgan fingerprint density at radius 1 is 1.26 bits per heavy atom. The molecule has 1 aromatic carbocycles. The Kier molecular flexibility index (Phi) is 8.93. The van der Waals surface area contributed by atoms with Crippen LogP contribution in [0.5, 0.6) is 0 Å². The molecule has 0 amide bonds. The number of benzene rings is 1. The third-order valence-corrected chi connectivity index (χ3v) is 6.32. The SMILES string of the molecule is C=C/C=C(\C=C/C)c1nn(CC2CCC(COCC(=O)O)CC2)c(C)c1-c1cccc(F)c1F. The summed E-state index contributed by atoms with van der Waals surface area (Å²) in [6.45, 7) is 8.44. The lowest BCUT2D eigenvalue weighted by molar-refractivity contribution is -0.142. The van der Waals surface area contributed by atoms with Crippen LogP contribution in [0.3, 0.4) is 0 Å². The monoisotopic (exact) mass is 470 g/mol. The van der Waals surface area contributed by atoms with Crippen LogP contribution in [0.4, 0.5) is 8.78 Å². The van der Waals surface area contributed by atoms with E-state index in [9.17, 15) is 13.6 Å². The van der Waals surface area contributed by atoms with Crippen molar-refractivity contribution in [1.82, 2.24) is 9.78 Å². The Bertz CT molecular complexity index is 1080. The van der Waals surface area contributed by atoms with Crippen LogP contribution in [-0.2, 0) is 16.1 Å². The number of aromatic nitrogens is 2. The number of aliphatic carboxylic acids is 1. The molecule has 34 heavy (non-hydrogen) atoms. The number of rotatable bonds is 10. The molecule has 182 valence electrons. The standard InChI is InChI=1S/C27H32F2N2O3/c1-4-7-21(8-5-2)27-25(22-9-6-10-23(28)26(22)29)18(3)31(30-27)15-19-11-13-20(14-12-19)16-34-17-24(32)33/h4-10,19-20H,1,11-17H2,2-3H3,(H,32,33)/b8-5-,21-7+. The number of halogens is 2. The maximum atomic E-state index is 14.8. The minimum absolute atomic E-state index is 0.192. The molecule has 1 aliphatic rings. The van der Waals surface area contributed by atoms with Crippen LogP contribution in [0.25, 0.3) is 16.7 Å². The number of hydrogen-bond donors (Lipinski definition) is 1. The zero-order chi connectivity index (χ0) is 24.7. The molecule has 1 fully saturated rings. The van der Waals surface area contributed by atoms with E-state index in [1.54, 1.807) is 12.1 Å². The van der Waals surface area contributed by atoms with E-state index in [0.717, 1.165) is 43.0 Å². The molecular weight excluding hydrogens is 438 g/mol. The van der Waals surface area contributed by atoms with E-state index in [4.69, 9.17) is 14.9 Å². The highest BCUT2D eigenvalue weighted by Crippen LogP contribution is 2.36. The van der Waals surface area contributed by atoms with Gasteiger partial charge in [0, 0.05) is 28.9 Å². The molecule has 0 bridgehead atoms. The fraction of sp³-hybridized carbons (Fsp3) is 0.407. The molecule has 0 spiro atoms. The smallest absolute Gasteiger partial charge is 0.329 e. The second kappa shape index (κ2) is 11.9. The van der Waals surface area contributed by atoms with Crippen LogP contribution in [0.1, 0.15) is 44.0 Å². The van der Waals surface area contributed by atoms with Crippen LogP contribution in [0.2, 0.25) is 0 Å². The summed E-state index contributed by atoms with van der Waals surface area (Å²) in [4.78, 5) is 10.6. The van der Waals surface area contributed by atoms with E-state index < -0.39 is 17.6 Å². The van der Waals surface area contributed by atoms with Gasteiger partial charge in [-0.1, -0.05) is 43.0 Å². The van der Waals surface area contributed by atoms with Gasteiger partial charge >= 0.3 is 5.97 Å². The number of ether oxygens (including phenoxy) is 1. The summed E-state index contributed by atoms with van der Waals surface area (Å²) in [6.07, 6.45) is 11.1. The predicted molar refractivity (Wildman–Crippen MR) is 129 cm³/mol. The van der Waals surface area contributed by atoms with Gasteiger partial charge in [-0.05, 0) is 57.4 Å². The van der Waals surface area contributed by atoms with E-state index in [0.29, 0.717) is 36.2 Å². The third-order valence-electron chi connectivity index (χ3n) is 6.32. The Labute approximate surface area is 199 Å². The number of hydrogen-bond acceptors (Lipinski definition) is 3. The summed E-state index contributed by atoms with van der Waals surface area (Å²) >= 11 is 0. The van der Waals surface area contributed by atoms with Crippen molar-refractivity contribution in [1.29, 1.82) is 0 Å². The van der Waals surface area contributed by atoms with E-state index in [-0.39, 0.29) is 12.2 Å². The van der Waals surface area contributed by atoms with E-state index in [1.807, 2.05) is 36.8 Å². The summed E-state index contributed by atoms with van der Waals surface area (Å²) in [5.74, 6) is -1.97. The van der Waals surface area contributed by atoms with Crippen molar-refractivity contribution >= 4 is 11.5 Å². The second-order valence-corrected chi connectivity index (χ2v) is 8.75. The number of carbonyl (C=O) groups is 1. The molecule has 1 saturated carbocycles. The van der Waals surface area contributed by atoms with Gasteiger partial charge in [-0.2, -0.15) is 5.10 Å². The molecule has 0 unspecified atom stereocenters. The van der Waals surface area contributed by atoms with Crippen LogP contribution < -0.4 is 0 Å². The van der Waals surface area contributed by atoms with Gasteiger partial charge in [0.25, 0.3) is 0 Å². The molecule has 0 aliphatic heterocycles. The van der Waals surface area contributed by atoms with Crippen molar-refractivity contribution in [2.24, 2.45) is 11.8 Å². The molecule has 3 rings (SSSR count). The van der Waals surface area contributed by atoms with Crippen LogP contribution in [0, 0.1) is 30.4 Å². The number of carboxylic acid groups (broad SMARTS) is 1. The van der Waals surface area contributed by atoms with Crippen molar-refractivity contribution in [3.05, 3.63) is 72.1 Å². The van der Waals surface area contributed by atoms with E-state index in [2.05, 4.69) is 6.58 Å². The van der Waals surface area contributed by atoms with Crippen LogP contribution in [-0.4, -0.2) is 34.1 Å². The van der Waals surface area contributed by atoms with Gasteiger partial charge in [0.05, 0.1) is 6.61 Å². The zero-order valence-electron chi connectivity index (χ0n) is 19.8. The minimum Gasteiger partial charge on any atom is -0.480 e. The van der Waals surface area contributed by atoms with Crippen molar-refractivity contribution in [2.45, 2.75) is 46.1 Å². The van der Waals surface area contributed by atoms with Gasteiger partial charge < -0.3 is 9.84 Å². The first-order valence-electron chi connectivity index (χ1n) is 11.6. The number of allylic oxidation sites excluding steroid dienone is 5. The highest BCUT2D eigenvalue weighted by Gasteiger charge is 2.26. The molecule has 0 atom stereocenters. The lowest BCUT2D eigenvalue weighted by atomic mass is 9.82. The molecular formula is C27H32F2N2O3. The van der Waals surface area contributed by atoms with Crippen molar-refractivity contribution in [3.63, 3.8) is 0 Å². The Morgan fingerprint density at radius 2 is 1.97 bits per heavy atom. The summed E-state index contributed by atoms with van der Waals surface area (Å²) in [5.41, 5.74) is 2.93. The average Bonchev–Trinajstić information content (AvgIpc) is 3.12. The number of carboxylic acids is 1. The lowest BCUT2D eigenvalue weighted by Crippen LogP contribution is -2.23. The summed E-state index contributed by atoms with van der Waals surface area (Å²) in [5, 5.41) is 13.6. The minimum atomic E-state index is -0.952. The maximum absolute atomic E-state index is 14.8. The first-order valence-corrected chi connectivity index (χ1v) is 11.6. The lowest BCUT2D eigenvalue weighted by Gasteiger charge is -2.28. The molecule has 7 heteroatoms. The van der Waals surface area contributed by atoms with Gasteiger partial charge in [-0.15, -0.1) is 0 Å². The molecule has 1 aromatic heterocycles.